The molecule has 88 valence electrons. The van der Waals surface area contributed by atoms with Crippen LogP contribution in [0.5, 0.6) is 0 Å². The molecule has 2 aliphatic heterocycles. The minimum atomic E-state index is -1.11. The Hall–Kier alpha value is -0.720. The average Bonchev–Trinajstić information content (AvgIpc) is 2.93. The van der Waals surface area contributed by atoms with Gasteiger partial charge in [0.2, 0.25) is 0 Å². The zero-order valence-electron chi connectivity index (χ0n) is 9.37. The standard InChI is InChI=1S/2C5H7NO2.Ca/c2*7-5(8)6-3-1-2-4-6;/h2*1,3H,2,4H2,(H,7,8);/q;;+2/p-2. The molecule has 0 radical (unpaired) electrons. The molecular weight excluding hydrogens is 252 g/mol. The minimum absolute atomic E-state index is 0. The van der Waals surface area contributed by atoms with Gasteiger partial charge in [-0.1, -0.05) is 12.2 Å². The molecule has 7 heteroatoms. The SMILES string of the molecule is O=C([O-])N1C=CCC1.O=C([O-])N1C=CCC1.[Ca+2]. The van der Waals surface area contributed by atoms with Crippen molar-refractivity contribution in [1.29, 1.82) is 0 Å². The average molecular weight is 264 g/mol. The number of carboxylic acid groups (broad SMARTS) is 2. The summed E-state index contributed by atoms with van der Waals surface area (Å²) < 4.78 is 0. The summed E-state index contributed by atoms with van der Waals surface area (Å²) >= 11 is 0. The van der Waals surface area contributed by atoms with E-state index >= 15 is 0 Å². The quantitative estimate of drug-likeness (QED) is 0.510. The molecular formula is C10H12CaN2O4. The molecule has 17 heavy (non-hydrogen) atoms. The Kier molecular flexibility index (Phi) is 8.03. The van der Waals surface area contributed by atoms with Crippen molar-refractivity contribution in [1.82, 2.24) is 9.80 Å². The van der Waals surface area contributed by atoms with Crippen LogP contribution >= 0.6 is 0 Å². The Bertz CT molecular complexity index is 298. The van der Waals surface area contributed by atoms with Gasteiger partial charge < -0.3 is 29.6 Å². The monoisotopic (exact) mass is 264 g/mol. The van der Waals surface area contributed by atoms with E-state index in [2.05, 4.69) is 0 Å². The summed E-state index contributed by atoms with van der Waals surface area (Å²) in [6.45, 7) is 1.12. The topological polar surface area (TPSA) is 86.7 Å². The second kappa shape index (κ2) is 8.38. The fourth-order valence-corrected chi connectivity index (χ4v) is 1.28. The van der Waals surface area contributed by atoms with E-state index in [1.165, 1.54) is 12.4 Å². The summed E-state index contributed by atoms with van der Waals surface area (Å²) in [4.78, 5) is 22.2. The Balaban J connectivity index is 0.000000284. The number of carbonyl (C=O) groups is 2. The van der Waals surface area contributed by atoms with Crippen molar-refractivity contribution in [2.75, 3.05) is 13.1 Å². The van der Waals surface area contributed by atoms with Gasteiger partial charge in [-0.3, -0.25) is 0 Å². The fourth-order valence-electron chi connectivity index (χ4n) is 1.28. The van der Waals surface area contributed by atoms with Crippen molar-refractivity contribution in [3.05, 3.63) is 24.6 Å². The number of hydrogen-bond acceptors (Lipinski definition) is 4. The van der Waals surface area contributed by atoms with Crippen LogP contribution in [0.25, 0.3) is 0 Å². The number of nitrogens with zero attached hydrogens (tertiary/aromatic N) is 2. The summed E-state index contributed by atoms with van der Waals surface area (Å²) in [6.07, 6.45) is 6.05. The van der Waals surface area contributed by atoms with Crippen LogP contribution in [0.15, 0.2) is 24.6 Å². The zero-order valence-corrected chi connectivity index (χ0v) is 11.6. The van der Waals surface area contributed by atoms with Gasteiger partial charge >= 0.3 is 37.7 Å². The molecule has 2 rings (SSSR count). The molecule has 0 saturated carbocycles. The Labute approximate surface area is 129 Å². The van der Waals surface area contributed by atoms with Crippen molar-refractivity contribution in [3.63, 3.8) is 0 Å². The van der Waals surface area contributed by atoms with E-state index in [4.69, 9.17) is 0 Å². The van der Waals surface area contributed by atoms with E-state index in [9.17, 15) is 19.8 Å². The van der Waals surface area contributed by atoms with Crippen molar-refractivity contribution < 1.29 is 19.8 Å². The number of amides is 2. The van der Waals surface area contributed by atoms with E-state index in [0.717, 1.165) is 22.6 Å². The van der Waals surface area contributed by atoms with Crippen LogP contribution in [0.3, 0.4) is 0 Å². The van der Waals surface area contributed by atoms with Gasteiger partial charge in [-0.2, -0.15) is 0 Å². The maximum Gasteiger partial charge on any atom is 2.00 e. The van der Waals surface area contributed by atoms with Crippen molar-refractivity contribution >= 4 is 49.9 Å². The van der Waals surface area contributed by atoms with Crippen LogP contribution < -0.4 is 10.2 Å². The van der Waals surface area contributed by atoms with Crippen molar-refractivity contribution in [3.8, 4) is 0 Å². The molecule has 0 aliphatic carbocycles. The molecule has 0 aromatic heterocycles. The van der Waals surface area contributed by atoms with Gasteiger partial charge in [0.05, 0.1) is 0 Å². The van der Waals surface area contributed by atoms with Gasteiger partial charge in [-0.05, 0) is 12.8 Å². The molecule has 0 bridgehead atoms. The normalized spacial score (nSPS) is 16.2. The smallest absolute Gasteiger partial charge is 0.530 e. The Morgan fingerprint density at radius 2 is 1.24 bits per heavy atom. The van der Waals surface area contributed by atoms with Gasteiger partial charge in [0.25, 0.3) is 0 Å². The summed E-state index contributed by atoms with van der Waals surface area (Å²) in [5.74, 6) is 0. The first-order chi connectivity index (χ1) is 7.61. The van der Waals surface area contributed by atoms with Crippen LogP contribution in [0, 0.1) is 0 Å². The predicted octanol–water partition coefficient (Wildman–Crippen LogP) is -1.28. The van der Waals surface area contributed by atoms with Gasteiger partial charge in [-0.15, -0.1) is 0 Å². The summed E-state index contributed by atoms with van der Waals surface area (Å²) in [7, 11) is 0. The maximum atomic E-state index is 9.97. The van der Waals surface area contributed by atoms with Gasteiger partial charge in [-0.25, -0.2) is 0 Å². The first-order valence-corrected chi connectivity index (χ1v) is 4.90. The molecule has 0 unspecified atom stereocenters. The zero-order chi connectivity index (χ0) is 12.0. The number of carbonyl (C=O) groups excluding carboxylic acids is 2. The molecule has 2 heterocycles. The molecule has 0 aromatic rings. The fraction of sp³-hybridized carbons (Fsp3) is 0.400. The van der Waals surface area contributed by atoms with Crippen LogP contribution in [-0.2, 0) is 0 Å². The third-order valence-corrected chi connectivity index (χ3v) is 2.11. The second-order valence-corrected chi connectivity index (χ2v) is 3.27. The Morgan fingerprint density at radius 1 is 0.882 bits per heavy atom. The largest absolute Gasteiger partial charge is 2.00 e. The first-order valence-electron chi connectivity index (χ1n) is 4.90. The van der Waals surface area contributed by atoms with Crippen LogP contribution in [0.1, 0.15) is 12.8 Å². The second-order valence-electron chi connectivity index (χ2n) is 3.27. The summed E-state index contributed by atoms with van der Waals surface area (Å²) in [5, 5.41) is 19.9. The molecule has 0 N–H and O–H groups in total. The number of rotatable bonds is 0. The first kappa shape index (κ1) is 16.3. The van der Waals surface area contributed by atoms with E-state index in [1.807, 2.05) is 0 Å². The van der Waals surface area contributed by atoms with Gasteiger partial charge in [0, 0.05) is 25.5 Å². The van der Waals surface area contributed by atoms with E-state index in [1.54, 1.807) is 12.2 Å². The molecule has 2 aliphatic rings. The third kappa shape index (κ3) is 5.95. The molecule has 0 atom stereocenters. The van der Waals surface area contributed by atoms with E-state index in [0.29, 0.717) is 13.1 Å². The molecule has 0 aromatic carbocycles. The Morgan fingerprint density at radius 3 is 1.35 bits per heavy atom. The van der Waals surface area contributed by atoms with Crippen LogP contribution in [0.2, 0.25) is 0 Å². The molecule has 0 saturated heterocycles. The van der Waals surface area contributed by atoms with E-state index in [-0.39, 0.29) is 37.7 Å². The van der Waals surface area contributed by atoms with Crippen LogP contribution in [0.4, 0.5) is 9.59 Å². The third-order valence-electron chi connectivity index (χ3n) is 2.11. The molecule has 2 amide bonds. The molecule has 6 nitrogen and oxygen atoms in total. The molecule has 0 fully saturated rings. The van der Waals surface area contributed by atoms with E-state index < -0.39 is 12.2 Å². The van der Waals surface area contributed by atoms with Gasteiger partial charge in [0.15, 0.2) is 0 Å². The summed E-state index contributed by atoms with van der Waals surface area (Å²) in [5.41, 5.74) is 0. The molecule has 0 spiro atoms. The van der Waals surface area contributed by atoms with Crippen molar-refractivity contribution in [2.45, 2.75) is 12.8 Å². The van der Waals surface area contributed by atoms with Crippen LogP contribution in [-0.4, -0.2) is 72.8 Å². The predicted molar refractivity (Wildman–Crippen MR) is 57.5 cm³/mol. The van der Waals surface area contributed by atoms with Crippen molar-refractivity contribution in [2.24, 2.45) is 0 Å². The minimum Gasteiger partial charge on any atom is -0.530 e. The number of hydrogen-bond donors (Lipinski definition) is 0. The van der Waals surface area contributed by atoms with Gasteiger partial charge in [0.1, 0.15) is 12.2 Å². The summed E-state index contributed by atoms with van der Waals surface area (Å²) in [6, 6.07) is 0. The maximum absolute atomic E-state index is 9.97.